The molecule has 0 saturated heterocycles. The van der Waals surface area contributed by atoms with Crippen molar-refractivity contribution in [2.24, 2.45) is 0 Å². The van der Waals surface area contributed by atoms with Crippen LogP contribution in [0.2, 0.25) is 0 Å². The van der Waals surface area contributed by atoms with Crippen LogP contribution in [0.15, 0.2) is 164 Å². The molecule has 54 heavy (non-hydrogen) atoms. The molecule has 250 valence electrons. The number of rotatable bonds is 5. The lowest BCUT2D eigenvalue weighted by Gasteiger charge is -2.15. The smallest absolute Gasteiger partial charge is 0.200 e. The first-order valence-corrected chi connectivity index (χ1v) is 17.6. The largest absolute Gasteiger partial charge is 0.307 e. The van der Waals surface area contributed by atoms with Crippen molar-refractivity contribution < 1.29 is 0 Å². The number of benzene rings is 7. The van der Waals surface area contributed by atoms with Crippen molar-refractivity contribution in [3.05, 3.63) is 181 Å². The van der Waals surface area contributed by atoms with Gasteiger partial charge < -0.3 is 9.13 Å². The molecule has 3 heterocycles. The van der Waals surface area contributed by atoms with Crippen LogP contribution in [0.25, 0.3) is 94.0 Å². The van der Waals surface area contributed by atoms with Crippen molar-refractivity contribution in [3.8, 4) is 51.6 Å². The van der Waals surface area contributed by atoms with Gasteiger partial charge >= 0.3 is 0 Å². The van der Waals surface area contributed by atoms with Crippen LogP contribution in [-0.2, 0) is 0 Å². The van der Waals surface area contributed by atoms with Gasteiger partial charge in [0.25, 0.3) is 0 Å². The van der Waals surface area contributed by atoms with Gasteiger partial charge in [-0.3, -0.25) is 0 Å². The zero-order valence-electron chi connectivity index (χ0n) is 28.7. The standard InChI is InChI=1S/C47H27N7/c1-49-39-28-42(32(29-48)27-38(39)47-51-45(30-15-5-2-6-16-30)50-46(52-47)31-17-7-3-8-18-31)54-41-24-14-12-22-35(41)37-26-25-36-34-21-11-13-23-40(34)53(43(36)44(37)54)33-19-9-4-10-20-33/h2-28H. The summed E-state index contributed by atoms with van der Waals surface area (Å²) in [6.45, 7) is 8.45. The van der Waals surface area contributed by atoms with E-state index in [0.717, 1.165) is 60.4 Å². The fraction of sp³-hybridized carbons (Fsp3) is 0. The maximum Gasteiger partial charge on any atom is 0.200 e. The van der Waals surface area contributed by atoms with Crippen LogP contribution >= 0.6 is 0 Å². The molecule has 0 unspecified atom stereocenters. The molecule has 0 N–H and O–H groups in total. The quantitative estimate of drug-likeness (QED) is 0.169. The normalized spacial score (nSPS) is 11.3. The molecule has 0 aliphatic rings. The molecule has 0 bridgehead atoms. The van der Waals surface area contributed by atoms with Crippen molar-refractivity contribution in [3.63, 3.8) is 0 Å². The van der Waals surface area contributed by atoms with Gasteiger partial charge in [0.1, 0.15) is 6.07 Å². The zero-order chi connectivity index (χ0) is 36.2. The molecule has 0 atom stereocenters. The highest BCUT2D eigenvalue weighted by Crippen LogP contribution is 2.43. The number of nitrogens with zero attached hydrogens (tertiary/aromatic N) is 7. The number of fused-ring (bicyclic) bond motifs is 7. The van der Waals surface area contributed by atoms with Crippen molar-refractivity contribution >= 4 is 49.3 Å². The van der Waals surface area contributed by atoms with Crippen LogP contribution in [0.5, 0.6) is 0 Å². The van der Waals surface area contributed by atoms with Crippen molar-refractivity contribution in [2.75, 3.05) is 0 Å². The summed E-state index contributed by atoms with van der Waals surface area (Å²) in [6.07, 6.45) is 0. The number of aromatic nitrogens is 5. The van der Waals surface area contributed by atoms with Gasteiger partial charge in [-0.05, 0) is 36.4 Å². The Morgan fingerprint density at radius 1 is 0.500 bits per heavy atom. The molecule has 0 radical (unpaired) electrons. The molecule has 7 nitrogen and oxygen atoms in total. The summed E-state index contributed by atoms with van der Waals surface area (Å²) in [7, 11) is 0. The average molecular weight is 690 g/mol. The summed E-state index contributed by atoms with van der Waals surface area (Å²) in [4.78, 5) is 18.7. The Balaban J connectivity index is 1.29. The SMILES string of the molecule is [C-]#[N+]c1cc(-n2c3ccccc3c3ccc4c5ccccc5n(-c5ccccc5)c4c32)c(C#N)cc1-c1nc(-c2ccccc2)nc(-c2ccccc2)n1. The first-order valence-electron chi connectivity index (χ1n) is 17.6. The van der Waals surface area contributed by atoms with E-state index in [2.05, 4.69) is 80.7 Å². The second-order valence-corrected chi connectivity index (χ2v) is 13.0. The molecule has 0 aliphatic heterocycles. The van der Waals surface area contributed by atoms with E-state index in [9.17, 15) is 5.26 Å². The van der Waals surface area contributed by atoms with Crippen LogP contribution in [-0.4, -0.2) is 24.1 Å². The minimum atomic E-state index is 0.325. The molecule has 0 spiro atoms. The molecule has 7 heteroatoms. The maximum absolute atomic E-state index is 10.9. The van der Waals surface area contributed by atoms with Gasteiger partial charge in [0.05, 0.1) is 39.9 Å². The van der Waals surface area contributed by atoms with Crippen LogP contribution in [0, 0.1) is 17.9 Å². The Labute approximate surface area is 310 Å². The van der Waals surface area contributed by atoms with Gasteiger partial charge in [0, 0.05) is 43.9 Å². The summed E-state index contributed by atoms with van der Waals surface area (Å²) in [5, 5.41) is 15.2. The zero-order valence-corrected chi connectivity index (χ0v) is 28.7. The Kier molecular flexibility index (Phi) is 7.11. The summed E-state index contributed by atoms with van der Waals surface area (Å²) in [5.41, 5.74) is 8.45. The van der Waals surface area contributed by atoms with E-state index in [1.165, 1.54) is 0 Å². The van der Waals surface area contributed by atoms with E-state index in [1.54, 1.807) is 6.07 Å². The molecule has 7 aromatic carbocycles. The predicted molar refractivity (Wildman–Crippen MR) is 216 cm³/mol. The number of hydrogen-bond donors (Lipinski definition) is 0. The number of nitriles is 1. The van der Waals surface area contributed by atoms with Gasteiger partial charge in [-0.25, -0.2) is 19.8 Å². The van der Waals surface area contributed by atoms with Crippen LogP contribution < -0.4 is 0 Å². The summed E-state index contributed by atoms with van der Waals surface area (Å²) >= 11 is 0. The van der Waals surface area contributed by atoms with Crippen molar-refractivity contribution in [1.29, 1.82) is 5.26 Å². The molecule has 0 fully saturated rings. The predicted octanol–water partition coefficient (Wildman–Crippen LogP) is 11.5. The minimum absolute atomic E-state index is 0.325. The molecule has 0 saturated carbocycles. The highest BCUT2D eigenvalue weighted by molar-refractivity contribution is 6.24. The van der Waals surface area contributed by atoms with E-state index in [-0.39, 0.29) is 0 Å². The Morgan fingerprint density at radius 3 is 1.54 bits per heavy atom. The molecule has 3 aromatic heterocycles. The second kappa shape index (κ2) is 12.4. The first kappa shape index (κ1) is 30.9. The van der Waals surface area contributed by atoms with Crippen molar-refractivity contribution in [1.82, 2.24) is 24.1 Å². The monoisotopic (exact) mass is 689 g/mol. The van der Waals surface area contributed by atoms with Gasteiger partial charge in [-0.1, -0.05) is 127 Å². The van der Waals surface area contributed by atoms with E-state index < -0.39 is 0 Å². The lowest BCUT2D eigenvalue weighted by molar-refractivity contribution is 1.07. The van der Waals surface area contributed by atoms with Crippen LogP contribution in [0.4, 0.5) is 5.69 Å². The highest BCUT2D eigenvalue weighted by atomic mass is 15.1. The van der Waals surface area contributed by atoms with E-state index in [4.69, 9.17) is 21.5 Å². The third-order valence-electron chi connectivity index (χ3n) is 10.0. The fourth-order valence-electron chi connectivity index (χ4n) is 7.65. The van der Waals surface area contributed by atoms with Gasteiger partial charge in [0.15, 0.2) is 23.2 Å². The number of para-hydroxylation sites is 3. The third-order valence-corrected chi connectivity index (χ3v) is 10.0. The van der Waals surface area contributed by atoms with Gasteiger partial charge in [-0.2, -0.15) is 5.26 Å². The van der Waals surface area contributed by atoms with Gasteiger partial charge in [0.2, 0.25) is 0 Å². The van der Waals surface area contributed by atoms with Gasteiger partial charge in [-0.15, -0.1) is 0 Å². The van der Waals surface area contributed by atoms with Crippen LogP contribution in [0.1, 0.15) is 5.56 Å². The molecule has 0 aliphatic carbocycles. The van der Waals surface area contributed by atoms with Crippen molar-refractivity contribution in [2.45, 2.75) is 0 Å². The maximum atomic E-state index is 10.9. The first-order chi connectivity index (χ1) is 26.7. The summed E-state index contributed by atoms with van der Waals surface area (Å²) in [5.74, 6) is 1.29. The molecule has 10 aromatic rings. The molecular formula is C47H27N7. The lowest BCUT2D eigenvalue weighted by Crippen LogP contribution is -2.03. The summed E-state index contributed by atoms with van der Waals surface area (Å²) in [6, 6.07) is 56.9. The lowest BCUT2D eigenvalue weighted by atomic mass is 10.0. The number of hydrogen-bond acceptors (Lipinski definition) is 4. The Morgan fingerprint density at radius 2 is 0.981 bits per heavy atom. The van der Waals surface area contributed by atoms with E-state index in [1.807, 2.05) is 97.1 Å². The highest BCUT2D eigenvalue weighted by Gasteiger charge is 2.24. The Bertz CT molecular complexity index is 3110. The van der Waals surface area contributed by atoms with E-state index in [0.29, 0.717) is 40.0 Å². The van der Waals surface area contributed by atoms with Crippen LogP contribution in [0.3, 0.4) is 0 Å². The molecule has 10 rings (SSSR count). The topological polar surface area (TPSA) is 76.7 Å². The van der Waals surface area contributed by atoms with E-state index >= 15 is 0 Å². The third kappa shape index (κ3) is 4.77. The molecular weight excluding hydrogens is 663 g/mol. The Hall–Kier alpha value is -7.87. The average Bonchev–Trinajstić information content (AvgIpc) is 3.77. The second-order valence-electron chi connectivity index (χ2n) is 13.0. The minimum Gasteiger partial charge on any atom is -0.307 e. The fourth-order valence-corrected chi connectivity index (χ4v) is 7.65. The molecule has 0 amide bonds. The summed E-state index contributed by atoms with van der Waals surface area (Å²) < 4.78 is 4.46.